The summed E-state index contributed by atoms with van der Waals surface area (Å²) in [6, 6.07) is -1.01. The molecule has 2 aromatic rings. The number of aliphatic hydroxyl groups is 1. The Labute approximate surface area is 193 Å². The number of hydrogen-bond acceptors (Lipinski definition) is 9. The minimum Gasteiger partial charge on any atom is -0.480 e. The van der Waals surface area contributed by atoms with Gasteiger partial charge in [-0.2, -0.15) is 0 Å². The first kappa shape index (κ1) is 28.2. The smallest absolute Gasteiger partial charge is 0.320 e. The lowest BCUT2D eigenvalue weighted by Gasteiger charge is -2.11. The van der Waals surface area contributed by atoms with Crippen molar-refractivity contribution < 1.29 is 24.9 Å². The highest BCUT2D eigenvalue weighted by Crippen LogP contribution is 2.31. The molecule has 12 nitrogen and oxygen atoms in total. The molecule has 1 fully saturated rings. The third kappa shape index (κ3) is 8.24. The predicted molar refractivity (Wildman–Crippen MR) is 125 cm³/mol. The Kier molecular flexibility index (Phi) is 11.2. The number of fused-ring (bicyclic) bond motifs is 1. The number of hydrogen-bond donors (Lipinski definition) is 8. The zero-order valence-electron chi connectivity index (χ0n) is 19.5. The molecule has 4 atom stereocenters. The largest absolute Gasteiger partial charge is 0.480 e. The van der Waals surface area contributed by atoms with Crippen molar-refractivity contribution in [3.63, 3.8) is 0 Å². The van der Waals surface area contributed by atoms with Crippen LogP contribution in [-0.4, -0.2) is 66.9 Å². The van der Waals surface area contributed by atoms with E-state index in [9.17, 15) is 9.59 Å². The van der Waals surface area contributed by atoms with Gasteiger partial charge in [-0.15, -0.1) is 0 Å². The molecular weight excluding hydrogens is 430 g/mol. The highest BCUT2D eigenvalue weighted by atomic mass is 16.4. The number of aromatic nitrogens is 3. The van der Waals surface area contributed by atoms with E-state index in [0.29, 0.717) is 5.82 Å². The maximum Gasteiger partial charge on any atom is 0.320 e. The van der Waals surface area contributed by atoms with Gasteiger partial charge in [0.25, 0.3) is 0 Å². The number of carbonyl (C=O) groups is 2. The van der Waals surface area contributed by atoms with Gasteiger partial charge in [0.15, 0.2) is 5.82 Å². The number of nitrogens with two attached hydrogens (primary N) is 3. The summed E-state index contributed by atoms with van der Waals surface area (Å²) in [6.07, 6.45) is 5.39. The predicted octanol–water partition coefficient (Wildman–Crippen LogP) is 0.434. The molecule has 1 aliphatic rings. The summed E-state index contributed by atoms with van der Waals surface area (Å²) in [4.78, 5) is 31.4. The van der Waals surface area contributed by atoms with Gasteiger partial charge in [0, 0.05) is 23.8 Å². The Morgan fingerprint density at radius 2 is 1.61 bits per heavy atom. The summed E-state index contributed by atoms with van der Waals surface area (Å²) >= 11 is 0. The lowest BCUT2D eigenvalue weighted by atomic mass is 10.1. The number of carboxylic acid groups (broad SMARTS) is 2. The van der Waals surface area contributed by atoms with E-state index in [0.717, 1.165) is 29.4 Å². The van der Waals surface area contributed by atoms with Crippen LogP contribution in [0, 0.1) is 11.8 Å². The number of aromatic amines is 1. The van der Waals surface area contributed by atoms with E-state index < -0.39 is 24.0 Å². The van der Waals surface area contributed by atoms with Crippen LogP contribution < -0.4 is 22.5 Å². The number of aliphatic carboxylic acids is 2. The van der Waals surface area contributed by atoms with Crippen LogP contribution in [0.1, 0.15) is 52.1 Å². The number of carboxylic acids is 2. The molecule has 0 aliphatic carbocycles. The van der Waals surface area contributed by atoms with Crippen LogP contribution in [0.3, 0.4) is 0 Å². The minimum atomic E-state index is -0.931. The van der Waals surface area contributed by atoms with Crippen molar-refractivity contribution in [2.45, 2.75) is 64.7 Å². The van der Waals surface area contributed by atoms with Gasteiger partial charge in [0.05, 0.1) is 12.1 Å². The molecule has 3 rings (SSSR count). The van der Waals surface area contributed by atoms with Crippen LogP contribution in [0.5, 0.6) is 0 Å². The number of rotatable bonds is 6. The number of anilines is 1. The van der Waals surface area contributed by atoms with Crippen LogP contribution in [-0.2, 0) is 9.59 Å². The van der Waals surface area contributed by atoms with Crippen LogP contribution in [0.4, 0.5) is 5.82 Å². The van der Waals surface area contributed by atoms with Gasteiger partial charge in [0.2, 0.25) is 0 Å². The monoisotopic (exact) mass is 467 g/mol. The first-order valence-corrected chi connectivity index (χ1v) is 10.8. The standard InChI is InChI=1S/C11H15N5O.2C5H11NO2/c12-11-10-9(14-5-15-11)7(3-13-10)8-2-1-6(4-17)16-8;2*1-3(2)4(6)5(7)8/h3,5-6,8,13,16-17H,1-2,4H2,(H2,12,14,15);2*3-4H,6H2,1-2H3,(H,7,8). The fraction of sp³-hybridized carbons (Fsp3) is 0.619. The lowest BCUT2D eigenvalue weighted by Crippen LogP contribution is -2.34. The Balaban J connectivity index is 0.000000288. The topological polar surface area (TPSA) is 226 Å². The number of aliphatic hydroxyl groups excluding tert-OH is 1. The first-order valence-electron chi connectivity index (χ1n) is 10.8. The van der Waals surface area contributed by atoms with Crippen molar-refractivity contribution in [1.29, 1.82) is 0 Å². The molecule has 0 radical (unpaired) electrons. The molecule has 186 valence electrons. The molecule has 4 unspecified atom stereocenters. The van der Waals surface area contributed by atoms with Crippen molar-refractivity contribution in [2.75, 3.05) is 12.3 Å². The van der Waals surface area contributed by atoms with E-state index in [-0.39, 0.29) is 30.5 Å². The summed E-state index contributed by atoms with van der Waals surface area (Å²) in [5, 5.41) is 29.0. The molecule has 12 heteroatoms. The van der Waals surface area contributed by atoms with Gasteiger partial charge in [-0.1, -0.05) is 27.7 Å². The Morgan fingerprint density at radius 1 is 1.06 bits per heavy atom. The average molecular weight is 468 g/mol. The van der Waals surface area contributed by atoms with Crippen molar-refractivity contribution in [3.05, 3.63) is 18.1 Å². The summed E-state index contributed by atoms with van der Waals surface area (Å²) in [5.41, 5.74) is 18.9. The highest BCUT2D eigenvalue weighted by Gasteiger charge is 2.27. The van der Waals surface area contributed by atoms with Gasteiger partial charge >= 0.3 is 11.9 Å². The van der Waals surface area contributed by atoms with E-state index in [2.05, 4.69) is 20.3 Å². The molecule has 0 spiro atoms. The average Bonchev–Trinajstić information content (AvgIpc) is 3.40. The Hall–Kier alpha value is -2.80. The lowest BCUT2D eigenvalue weighted by molar-refractivity contribution is -0.140. The maximum atomic E-state index is 10.0. The Bertz CT molecular complexity index is 878. The molecule has 11 N–H and O–H groups in total. The van der Waals surface area contributed by atoms with Gasteiger partial charge in [-0.3, -0.25) is 9.59 Å². The third-order valence-corrected chi connectivity index (χ3v) is 5.37. The van der Waals surface area contributed by atoms with Crippen LogP contribution in [0.15, 0.2) is 12.5 Å². The van der Waals surface area contributed by atoms with E-state index in [1.54, 1.807) is 27.7 Å². The van der Waals surface area contributed by atoms with E-state index >= 15 is 0 Å². The van der Waals surface area contributed by atoms with Crippen molar-refractivity contribution in [3.8, 4) is 0 Å². The second kappa shape index (κ2) is 13.0. The van der Waals surface area contributed by atoms with E-state index in [1.807, 2.05) is 6.20 Å². The second-order valence-electron chi connectivity index (χ2n) is 8.62. The van der Waals surface area contributed by atoms with E-state index in [4.69, 9.17) is 32.5 Å². The normalized spacial score (nSPS) is 19.4. The van der Waals surface area contributed by atoms with Crippen LogP contribution in [0.2, 0.25) is 0 Å². The molecule has 33 heavy (non-hydrogen) atoms. The number of nitrogens with one attached hydrogen (secondary N) is 2. The quantitative estimate of drug-likeness (QED) is 0.290. The zero-order valence-corrected chi connectivity index (χ0v) is 19.5. The number of H-pyrrole nitrogens is 1. The third-order valence-electron chi connectivity index (χ3n) is 5.37. The molecule has 2 aromatic heterocycles. The van der Waals surface area contributed by atoms with Crippen molar-refractivity contribution >= 4 is 28.8 Å². The molecule has 1 saturated heterocycles. The summed E-state index contributed by atoms with van der Waals surface area (Å²) in [6.45, 7) is 7.28. The molecule has 3 heterocycles. The van der Waals surface area contributed by atoms with Crippen molar-refractivity contribution in [2.24, 2.45) is 23.3 Å². The van der Waals surface area contributed by atoms with Gasteiger partial charge in [-0.05, 0) is 24.7 Å². The van der Waals surface area contributed by atoms with Crippen LogP contribution >= 0.6 is 0 Å². The molecule has 0 amide bonds. The zero-order chi connectivity index (χ0) is 25.3. The minimum absolute atomic E-state index is 0.0208. The molecule has 1 aliphatic heterocycles. The summed E-state index contributed by atoms with van der Waals surface area (Å²) < 4.78 is 0. The van der Waals surface area contributed by atoms with E-state index in [1.165, 1.54) is 6.33 Å². The maximum absolute atomic E-state index is 10.0. The van der Waals surface area contributed by atoms with Crippen LogP contribution in [0.25, 0.3) is 11.0 Å². The number of nitrogen functional groups attached to an aromatic ring is 1. The first-order chi connectivity index (χ1) is 15.4. The Morgan fingerprint density at radius 3 is 2.00 bits per heavy atom. The summed E-state index contributed by atoms with van der Waals surface area (Å²) in [5.74, 6) is -1.35. The molecule has 0 bridgehead atoms. The molecule has 0 saturated carbocycles. The fourth-order valence-corrected chi connectivity index (χ4v) is 3.02. The van der Waals surface area contributed by atoms with Gasteiger partial charge < -0.3 is 42.8 Å². The SMILES string of the molecule is CC(C)C(N)C(=O)O.CC(C)C(N)C(=O)O.Nc1ncnc2c(C3CCC(CO)N3)c[nH]c12. The van der Waals surface area contributed by atoms with Gasteiger partial charge in [-0.25, -0.2) is 9.97 Å². The molecule has 0 aromatic carbocycles. The van der Waals surface area contributed by atoms with Crippen molar-refractivity contribution in [1.82, 2.24) is 20.3 Å². The highest BCUT2D eigenvalue weighted by molar-refractivity contribution is 5.87. The molecular formula is C21H37N7O5. The summed E-state index contributed by atoms with van der Waals surface area (Å²) in [7, 11) is 0. The fourth-order valence-electron chi connectivity index (χ4n) is 3.02. The van der Waals surface area contributed by atoms with Gasteiger partial charge in [0.1, 0.15) is 23.9 Å². The number of nitrogens with zero attached hydrogens (tertiary/aromatic N) is 2. The second-order valence-corrected chi connectivity index (χ2v) is 8.62.